The van der Waals surface area contributed by atoms with E-state index in [1.54, 1.807) is 6.92 Å². The number of halogens is 1. The second-order valence-corrected chi connectivity index (χ2v) is 7.73. The van der Waals surface area contributed by atoms with Crippen LogP contribution in [0.4, 0.5) is 4.79 Å². The molecule has 1 aliphatic carbocycles. The maximum absolute atomic E-state index is 12.9. The number of ether oxygens (including phenoxy) is 1. The van der Waals surface area contributed by atoms with Gasteiger partial charge in [0.15, 0.2) is 0 Å². The molecule has 2 N–H and O–H groups in total. The van der Waals surface area contributed by atoms with Crippen LogP contribution in [0.25, 0.3) is 0 Å². The molecule has 3 rings (SSSR count). The first-order valence-corrected chi connectivity index (χ1v) is 9.48. The largest absolute Gasteiger partial charge is 0.459 e. The number of carbonyl (C=O) groups is 2. The van der Waals surface area contributed by atoms with Crippen molar-refractivity contribution in [3.8, 4) is 0 Å². The summed E-state index contributed by atoms with van der Waals surface area (Å²) in [6, 6.07) is 6.72. The van der Waals surface area contributed by atoms with Crippen LogP contribution in [0, 0.1) is 5.92 Å². The molecule has 1 aliphatic heterocycles. The molecule has 1 saturated carbocycles. The zero-order valence-electron chi connectivity index (χ0n) is 14.5. The quantitative estimate of drug-likeness (QED) is 0.739. The summed E-state index contributed by atoms with van der Waals surface area (Å²) in [4.78, 5) is 24.8. The molecule has 0 saturated heterocycles. The van der Waals surface area contributed by atoms with Crippen LogP contribution in [-0.4, -0.2) is 18.1 Å². The third-order valence-corrected chi connectivity index (χ3v) is 5.66. The van der Waals surface area contributed by atoms with Crippen molar-refractivity contribution >= 4 is 27.9 Å². The lowest BCUT2D eigenvalue weighted by atomic mass is 9.89. The summed E-state index contributed by atoms with van der Waals surface area (Å²) in [6.45, 7) is 3.97. The Hall–Kier alpha value is -1.82. The second-order valence-electron chi connectivity index (χ2n) is 6.88. The molecule has 1 atom stereocenters. The smallest absolute Gasteiger partial charge is 0.338 e. The Kier molecular flexibility index (Phi) is 5.47. The fourth-order valence-corrected chi connectivity index (χ4v) is 3.98. The maximum atomic E-state index is 12.9. The third-order valence-electron chi connectivity index (χ3n) is 4.94. The van der Waals surface area contributed by atoms with E-state index in [4.69, 9.17) is 4.74 Å². The molecule has 134 valence electrons. The summed E-state index contributed by atoms with van der Waals surface area (Å²) in [6.07, 6.45) is 3.93. The molecule has 6 heteroatoms. The summed E-state index contributed by atoms with van der Waals surface area (Å²) in [7, 11) is 0. The van der Waals surface area contributed by atoms with E-state index < -0.39 is 6.04 Å². The lowest BCUT2D eigenvalue weighted by Crippen LogP contribution is -2.45. The van der Waals surface area contributed by atoms with Gasteiger partial charge in [-0.25, -0.2) is 9.59 Å². The Labute approximate surface area is 156 Å². The van der Waals surface area contributed by atoms with E-state index in [1.807, 2.05) is 24.3 Å². The van der Waals surface area contributed by atoms with Gasteiger partial charge in [0, 0.05) is 10.2 Å². The molecule has 2 aliphatic rings. The van der Waals surface area contributed by atoms with Gasteiger partial charge in [0.1, 0.15) is 6.10 Å². The van der Waals surface area contributed by atoms with Crippen LogP contribution >= 0.6 is 15.9 Å². The van der Waals surface area contributed by atoms with E-state index >= 15 is 0 Å². The van der Waals surface area contributed by atoms with E-state index in [1.165, 1.54) is 0 Å². The molecule has 2 amide bonds. The van der Waals surface area contributed by atoms with Gasteiger partial charge < -0.3 is 15.4 Å². The van der Waals surface area contributed by atoms with Crippen molar-refractivity contribution in [1.82, 2.24) is 10.6 Å². The number of hydrogen-bond donors (Lipinski definition) is 2. The van der Waals surface area contributed by atoms with Gasteiger partial charge in [0.2, 0.25) is 0 Å². The van der Waals surface area contributed by atoms with Crippen molar-refractivity contribution in [1.29, 1.82) is 0 Å². The Morgan fingerprint density at radius 1 is 1.20 bits per heavy atom. The lowest BCUT2D eigenvalue weighted by Gasteiger charge is -2.31. The number of allylic oxidation sites excluding steroid dienone is 1. The van der Waals surface area contributed by atoms with Crippen molar-refractivity contribution in [3.63, 3.8) is 0 Å². The normalized spacial score (nSPS) is 26.7. The molecule has 0 spiro atoms. The minimum atomic E-state index is -0.528. The molecule has 1 aromatic carbocycles. The van der Waals surface area contributed by atoms with Crippen LogP contribution in [0.3, 0.4) is 0 Å². The first kappa shape index (κ1) is 18.0. The molecule has 25 heavy (non-hydrogen) atoms. The number of esters is 1. The van der Waals surface area contributed by atoms with Gasteiger partial charge in [-0.15, -0.1) is 0 Å². The van der Waals surface area contributed by atoms with Crippen LogP contribution in [0.15, 0.2) is 40.0 Å². The van der Waals surface area contributed by atoms with Crippen LogP contribution in [0.2, 0.25) is 0 Å². The van der Waals surface area contributed by atoms with Crippen molar-refractivity contribution in [2.45, 2.75) is 51.7 Å². The maximum Gasteiger partial charge on any atom is 0.338 e. The fraction of sp³-hybridized carbons (Fsp3) is 0.474. The van der Waals surface area contributed by atoms with Crippen LogP contribution in [0.5, 0.6) is 0 Å². The predicted molar refractivity (Wildman–Crippen MR) is 98.8 cm³/mol. The zero-order valence-corrected chi connectivity index (χ0v) is 16.1. The number of hydrogen-bond acceptors (Lipinski definition) is 3. The van der Waals surface area contributed by atoms with E-state index in [9.17, 15) is 9.59 Å². The van der Waals surface area contributed by atoms with E-state index in [0.717, 1.165) is 35.7 Å². The highest BCUT2D eigenvalue weighted by Crippen LogP contribution is 2.33. The molecular formula is C19H23BrN2O3. The lowest BCUT2D eigenvalue weighted by molar-refractivity contribution is -0.146. The topological polar surface area (TPSA) is 67.4 Å². The predicted octanol–water partition coefficient (Wildman–Crippen LogP) is 4.20. The highest BCUT2D eigenvalue weighted by molar-refractivity contribution is 9.10. The molecule has 0 bridgehead atoms. The molecule has 1 heterocycles. The van der Waals surface area contributed by atoms with Crippen LogP contribution in [-0.2, 0) is 9.53 Å². The molecule has 1 fully saturated rings. The van der Waals surface area contributed by atoms with Gasteiger partial charge in [-0.3, -0.25) is 0 Å². The number of rotatable bonds is 3. The average molecular weight is 407 g/mol. The fourth-order valence-electron chi connectivity index (χ4n) is 3.47. The number of benzene rings is 1. The minimum Gasteiger partial charge on any atom is -0.459 e. The summed E-state index contributed by atoms with van der Waals surface area (Å²) in [5.74, 6) is 0.338. The highest BCUT2D eigenvalue weighted by atomic mass is 79.9. The van der Waals surface area contributed by atoms with E-state index in [0.29, 0.717) is 17.2 Å². The van der Waals surface area contributed by atoms with Crippen molar-refractivity contribution in [2.24, 2.45) is 5.92 Å². The zero-order chi connectivity index (χ0) is 18.0. The first-order chi connectivity index (χ1) is 12.0. The number of urea groups is 1. The molecule has 0 aromatic heterocycles. The number of nitrogens with one attached hydrogen (secondary N) is 2. The molecule has 1 aromatic rings. The SMILES string of the molecule is CC1=C(C(=O)OC2CCC(C)CC2)[C@H](c2ccccc2Br)NC(=O)N1. The molecular weight excluding hydrogens is 384 g/mol. The van der Waals surface area contributed by atoms with Crippen molar-refractivity contribution in [2.75, 3.05) is 0 Å². The third kappa shape index (κ3) is 4.06. The highest BCUT2D eigenvalue weighted by Gasteiger charge is 2.34. The van der Waals surface area contributed by atoms with Gasteiger partial charge in [-0.1, -0.05) is 41.1 Å². The van der Waals surface area contributed by atoms with Crippen LogP contribution in [0.1, 0.15) is 51.1 Å². The van der Waals surface area contributed by atoms with Gasteiger partial charge in [-0.2, -0.15) is 0 Å². The monoisotopic (exact) mass is 406 g/mol. The van der Waals surface area contributed by atoms with Crippen molar-refractivity contribution in [3.05, 3.63) is 45.6 Å². The molecule has 5 nitrogen and oxygen atoms in total. The Bertz CT molecular complexity index is 708. The van der Waals surface area contributed by atoms with E-state index in [2.05, 4.69) is 33.5 Å². The summed E-state index contributed by atoms with van der Waals surface area (Å²) < 4.78 is 6.61. The first-order valence-electron chi connectivity index (χ1n) is 8.69. The Morgan fingerprint density at radius 2 is 1.88 bits per heavy atom. The summed E-state index contributed by atoms with van der Waals surface area (Å²) in [5.41, 5.74) is 1.84. The van der Waals surface area contributed by atoms with Gasteiger partial charge in [0.05, 0.1) is 11.6 Å². The van der Waals surface area contributed by atoms with Gasteiger partial charge >= 0.3 is 12.0 Å². The van der Waals surface area contributed by atoms with Gasteiger partial charge in [0.25, 0.3) is 0 Å². The Balaban J connectivity index is 1.85. The average Bonchev–Trinajstić information content (AvgIpc) is 2.56. The van der Waals surface area contributed by atoms with Gasteiger partial charge in [-0.05, 0) is 50.2 Å². The molecule has 0 radical (unpaired) electrons. The number of amides is 2. The molecule has 0 unspecified atom stereocenters. The second kappa shape index (κ2) is 7.60. The summed E-state index contributed by atoms with van der Waals surface area (Å²) >= 11 is 3.51. The van der Waals surface area contributed by atoms with Crippen molar-refractivity contribution < 1.29 is 14.3 Å². The Morgan fingerprint density at radius 3 is 2.56 bits per heavy atom. The van der Waals surface area contributed by atoms with E-state index in [-0.39, 0.29) is 18.1 Å². The summed E-state index contributed by atoms with van der Waals surface area (Å²) in [5, 5.41) is 5.53. The number of carbonyl (C=O) groups excluding carboxylic acids is 2. The minimum absolute atomic E-state index is 0.0403. The standard InChI is InChI=1S/C19H23BrN2O3/c1-11-7-9-13(10-8-11)25-18(23)16-12(2)21-19(24)22-17(16)14-5-3-4-6-15(14)20/h3-6,11,13,17H,7-10H2,1-2H3,(H2,21,22,24)/t11?,13?,17-/m0/s1. The van der Waals surface area contributed by atoms with Crippen LogP contribution < -0.4 is 10.6 Å².